The van der Waals surface area contributed by atoms with E-state index in [1.807, 2.05) is 0 Å². The molecule has 2 aliphatic carbocycles. The lowest BCUT2D eigenvalue weighted by Gasteiger charge is -2.35. The van der Waals surface area contributed by atoms with E-state index in [1.54, 1.807) is 11.0 Å². The molecule has 2 amide bonds. The lowest BCUT2D eigenvalue weighted by atomic mass is 9.81. The van der Waals surface area contributed by atoms with Gasteiger partial charge in [-0.05, 0) is 81.0 Å². The molecule has 2 bridgehead atoms. The van der Waals surface area contributed by atoms with Gasteiger partial charge in [-0.2, -0.15) is 0 Å². The number of carbonyl (C=O) groups is 2. The molecule has 6 rings (SSSR count). The van der Waals surface area contributed by atoms with Crippen LogP contribution in [0.3, 0.4) is 0 Å². The van der Waals surface area contributed by atoms with Crippen molar-refractivity contribution in [3.63, 3.8) is 0 Å². The van der Waals surface area contributed by atoms with Gasteiger partial charge in [-0.15, -0.1) is 0 Å². The number of rotatable bonds is 7. The van der Waals surface area contributed by atoms with Crippen LogP contribution in [0.25, 0.3) is 11.0 Å². The minimum absolute atomic E-state index is 0.0165. The van der Waals surface area contributed by atoms with Crippen LogP contribution in [0.2, 0.25) is 0 Å². The molecule has 6 nitrogen and oxygen atoms in total. The Hall–Kier alpha value is -2.28. The van der Waals surface area contributed by atoms with Gasteiger partial charge in [-0.1, -0.05) is 25.4 Å². The first-order valence-corrected chi connectivity index (χ1v) is 13.6. The number of piperidine rings is 1. The van der Waals surface area contributed by atoms with Crippen LogP contribution in [0.15, 0.2) is 22.7 Å². The van der Waals surface area contributed by atoms with E-state index in [-0.39, 0.29) is 29.5 Å². The summed E-state index contributed by atoms with van der Waals surface area (Å²) in [6.45, 7) is 7.98. The summed E-state index contributed by atoms with van der Waals surface area (Å²) in [5.41, 5.74) is 1.47. The van der Waals surface area contributed by atoms with Crippen molar-refractivity contribution in [2.75, 3.05) is 26.2 Å². The van der Waals surface area contributed by atoms with E-state index in [2.05, 4.69) is 23.9 Å². The molecule has 3 heterocycles. The molecule has 4 unspecified atom stereocenters. The summed E-state index contributed by atoms with van der Waals surface area (Å²) in [5.74, 6) is 1.87. The quantitative estimate of drug-likeness (QED) is 0.530. The topological polar surface area (TPSA) is 66.7 Å². The average Bonchev–Trinajstić information content (AvgIpc) is 3.62. The van der Waals surface area contributed by atoms with Crippen LogP contribution in [0, 0.1) is 41.3 Å². The number of aromatic nitrogens is 1. The highest BCUT2D eigenvalue weighted by Crippen LogP contribution is 2.56. The fraction of sp³-hybridized carbons (Fsp3) is 0.679. The van der Waals surface area contributed by atoms with E-state index >= 15 is 0 Å². The van der Waals surface area contributed by atoms with Gasteiger partial charge >= 0.3 is 0 Å². The number of nitrogens with zero attached hydrogens (tertiary/aromatic N) is 3. The van der Waals surface area contributed by atoms with Gasteiger partial charge in [0, 0.05) is 30.5 Å². The first-order chi connectivity index (χ1) is 16.9. The average molecular weight is 482 g/mol. The summed E-state index contributed by atoms with van der Waals surface area (Å²) in [6.07, 6.45) is 6.31. The predicted molar refractivity (Wildman–Crippen MR) is 130 cm³/mol. The molecule has 188 valence electrons. The molecule has 35 heavy (non-hydrogen) atoms. The highest BCUT2D eigenvalue weighted by Gasteiger charge is 2.60. The number of halogens is 1. The molecule has 0 spiro atoms. The number of imide groups is 1. The molecule has 1 aromatic carbocycles. The van der Waals surface area contributed by atoms with Crippen molar-refractivity contribution < 1.29 is 18.5 Å². The maximum absolute atomic E-state index is 13.5. The van der Waals surface area contributed by atoms with Crippen LogP contribution in [-0.4, -0.2) is 52.9 Å². The van der Waals surface area contributed by atoms with E-state index in [1.165, 1.54) is 12.1 Å². The van der Waals surface area contributed by atoms with Crippen LogP contribution in [0.4, 0.5) is 4.39 Å². The Morgan fingerprint density at radius 2 is 1.74 bits per heavy atom. The lowest BCUT2D eigenvalue weighted by Crippen LogP contribution is -2.42. The number of hydrogen-bond donors (Lipinski definition) is 0. The Balaban J connectivity index is 1.05. The molecule has 1 aromatic heterocycles. The third kappa shape index (κ3) is 3.90. The van der Waals surface area contributed by atoms with Crippen molar-refractivity contribution in [2.45, 2.75) is 58.3 Å². The first kappa shape index (κ1) is 23.1. The minimum Gasteiger partial charge on any atom is -0.356 e. The Kier molecular flexibility index (Phi) is 5.94. The fourth-order valence-electron chi connectivity index (χ4n) is 7.77. The smallest absolute Gasteiger partial charge is 0.233 e. The van der Waals surface area contributed by atoms with Crippen LogP contribution >= 0.6 is 0 Å². The monoisotopic (exact) mass is 481 g/mol. The highest BCUT2D eigenvalue weighted by atomic mass is 19.1. The molecule has 2 saturated carbocycles. The third-order valence-electron chi connectivity index (χ3n) is 9.75. The van der Waals surface area contributed by atoms with Gasteiger partial charge in [0.1, 0.15) is 5.82 Å². The number of hydrogen-bond acceptors (Lipinski definition) is 5. The lowest BCUT2D eigenvalue weighted by molar-refractivity contribution is -0.141. The number of benzene rings is 1. The number of likely N-dealkylation sites (tertiary alicyclic amines) is 2. The van der Waals surface area contributed by atoms with E-state index in [9.17, 15) is 14.0 Å². The van der Waals surface area contributed by atoms with E-state index in [4.69, 9.17) is 4.52 Å². The van der Waals surface area contributed by atoms with Crippen molar-refractivity contribution in [2.24, 2.45) is 35.5 Å². The standard InChI is InChI=1S/C28H36FN3O3/c1-3-17(15-32-27(33)24-19-4-5-20(12-19)25(24)28(32)34)16(2)14-31-10-8-18(9-11-31)26-22-7-6-21(29)13-23(22)35-30-26/h6-7,13,16-20,24-25H,3-5,8-12,14-15H2,1-2H3/t16-,17-,19?,20?,24?,25?/m1/s1. The summed E-state index contributed by atoms with van der Waals surface area (Å²) in [6, 6.07) is 4.65. The Labute approximate surface area is 206 Å². The number of fused-ring (bicyclic) bond motifs is 6. The normalized spacial score (nSPS) is 31.0. The molecule has 0 N–H and O–H groups in total. The second kappa shape index (κ2) is 8.99. The SMILES string of the molecule is CC[C@H](CN1C(=O)C2C3CCC(C3)C2C1=O)[C@H](C)CN1CCC(c2noc3cc(F)ccc23)CC1. The van der Waals surface area contributed by atoms with Gasteiger partial charge < -0.3 is 9.42 Å². The van der Waals surface area contributed by atoms with Crippen molar-refractivity contribution in [1.82, 2.24) is 15.0 Å². The third-order valence-corrected chi connectivity index (χ3v) is 9.75. The zero-order valence-corrected chi connectivity index (χ0v) is 20.8. The van der Waals surface area contributed by atoms with Crippen molar-refractivity contribution in [3.05, 3.63) is 29.7 Å². The van der Waals surface area contributed by atoms with Crippen LogP contribution in [0.1, 0.15) is 64.0 Å². The zero-order chi connectivity index (χ0) is 24.3. The van der Waals surface area contributed by atoms with Gasteiger partial charge in [-0.3, -0.25) is 14.5 Å². The minimum atomic E-state index is -0.303. The molecule has 6 atom stereocenters. The van der Waals surface area contributed by atoms with Gasteiger partial charge in [0.15, 0.2) is 5.58 Å². The molecule has 2 aromatic rings. The van der Waals surface area contributed by atoms with Gasteiger partial charge in [0.25, 0.3) is 0 Å². The highest BCUT2D eigenvalue weighted by molar-refractivity contribution is 6.06. The van der Waals surface area contributed by atoms with Gasteiger partial charge in [0.2, 0.25) is 11.8 Å². The van der Waals surface area contributed by atoms with Gasteiger partial charge in [-0.25, -0.2) is 4.39 Å². The fourth-order valence-corrected chi connectivity index (χ4v) is 7.77. The molecule has 0 radical (unpaired) electrons. The summed E-state index contributed by atoms with van der Waals surface area (Å²) >= 11 is 0. The predicted octanol–water partition coefficient (Wildman–Crippen LogP) is 4.84. The van der Waals surface area contributed by atoms with Crippen LogP contribution < -0.4 is 0 Å². The number of carbonyl (C=O) groups excluding carboxylic acids is 2. The van der Waals surface area contributed by atoms with Crippen LogP contribution in [0.5, 0.6) is 0 Å². The van der Waals surface area contributed by atoms with E-state index in [0.29, 0.717) is 41.7 Å². The second-order valence-electron chi connectivity index (χ2n) is 11.6. The van der Waals surface area contributed by atoms with Gasteiger partial charge in [0.05, 0.1) is 17.5 Å². The Morgan fingerprint density at radius 1 is 1.06 bits per heavy atom. The molecular formula is C28H36FN3O3. The summed E-state index contributed by atoms with van der Waals surface area (Å²) < 4.78 is 18.9. The molecule has 2 aliphatic heterocycles. The maximum atomic E-state index is 13.5. The van der Waals surface area contributed by atoms with Crippen molar-refractivity contribution >= 4 is 22.8 Å². The molecule has 4 fully saturated rings. The molecule has 4 aliphatic rings. The van der Waals surface area contributed by atoms with Crippen molar-refractivity contribution in [3.8, 4) is 0 Å². The first-order valence-electron chi connectivity index (χ1n) is 13.6. The Morgan fingerprint density at radius 3 is 2.40 bits per heavy atom. The molecule has 7 heteroatoms. The summed E-state index contributed by atoms with van der Waals surface area (Å²) in [4.78, 5) is 30.5. The maximum Gasteiger partial charge on any atom is 0.233 e. The molecule has 2 saturated heterocycles. The number of amides is 2. The van der Waals surface area contributed by atoms with E-state index < -0.39 is 0 Å². The largest absolute Gasteiger partial charge is 0.356 e. The van der Waals surface area contributed by atoms with Crippen LogP contribution in [-0.2, 0) is 9.59 Å². The zero-order valence-electron chi connectivity index (χ0n) is 20.8. The van der Waals surface area contributed by atoms with E-state index in [0.717, 1.165) is 69.2 Å². The summed E-state index contributed by atoms with van der Waals surface area (Å²) in [7, 11) is 0. The Bertz CT molecular complexity index is 1100. The summed E-state index contributed by atoms with van der Waals surface area (Å²) in [5, 5.41) is 5.19. The van der Waals surface area contributed by atoms with Crippen molar-refractivity contribution in [1.29, 1.82) is 0 Å². The second-order valence-corrected chi connectivity index (χ2v) is 11.6. The molecular weight excluding hydrogens is 445 g/mol.